The Hall–Kier alpha value is -1.87. The third-order valence-electron chi connectivity index (χ3n) is 3.13. The van der Waals surface area contributed by atoms with Crippen molar-refractivity contribution in [1.82, 2.24) is 4.98 Å². The fraction of sp³-hybridized carbons (Fsp3) is 0.143. The predicted molar refractivity (Wildman–Crippen MR) is 71.1 cm³/mol. The lowest BCUT2D eigenvalue weighted by molar-refractivity contribution is 0.0989. The number of halogens is 1. The van der Waals surface area contributed by atoms with E-state index < -0.39 is 0 Å². The molecule has 0 aliphatic carbocycles. The van der Waals surface area contributed by atoms with Gasteiger partial charge in [0.1, 0.15) is 0 Å². The molecule has 0 saturated carbocycles. The van der Waals surface area contributed by atoms with Crippen LogP contribution in [0.3, 0.4) is 0 Å². The van der Waals surface area contributed by atoms with Crippen LogP contribution in [0.25, 0.3) is 0 Å². The lowest BCUT2D eigenvalue weighted by atomic mass is 10.2. The Bertz CT molecular complexity index is 612. The molecule has 0 radical (unpaired) electrons. The molecule has 2 aromatic rings. The van der Waals surface area contributed by atoms with Crippen molar-refractivity contribution in [2.45, 2.75) is 6.42 Å². The Labute approximate surface area is 110 Å². The normalized spacial score (nSPS) is 13.5. The maximum absolute atomic E-state index is 12.4. The highest BCUT2D eigenvalue weighted by Crippen LogP contribution is 2.29. The number of anilines is 1. The Balaban J connectivity index is 1.99. The minimum absolute atomic E-state index is 0.0851. The fourth-order valence-electron chi connectivity index (χ4n) is 2.23. The summed E-state index contributed by atoms with van der Waals surface area (Å²) in [6, 6.07) is 9.58. The van der Waals surface area contributed by atoms with Crippen molar-refractivity contribution in [3.8, 4) is 0 Å². The second kappa shape index (κ2) is 4.42. The average molecular weight is 259 g/mol. The molecule has 0 spiro atoms. The number of rotatable bonds is 1. The molecule has 1 aromatic carbocycles. The van der Waals surface area contributed by atoms with E-state index >= 15 is 0 Å². The van der Waals surface area contributed by atoms with Crippen molar-refractivity contribution in [3.05, 3.63) is 58.9 Å². The number of carbonyl (C=O) groups excluding carboxylic acids is 1. The Morgan fingerprint density at radius 1 is 1.28 bits per heavy atom. The summed E-state index contributed by atoms with van der Waals surface area (Å²) in [6.45, 7) is 0.698. The van der Waals surface area contributed by atoms with Crippen molar-refractivity contribution in [2.24, 2.45) is 0 Å². The van der Waals surface area contributed by atoms with Gasteiger partial charge in [-0.3, -0.25) is 9.78 Å². The number of para-hydroxylation sites is 1. The molecule has 1 aliphatic heterocycles. The van der Waals surface area contributed by atoms with Crippen LogP contribution in [-0.2, 0) is 6.42 Å². The molecule has 1 aliphatic rings. The van der Waals surface area contributed by atoms with Crippen molar-refractivity contribution in [3.63, 3.8) is 0 Å². The van der Waals surface area contributed by atoms with E-state index in [1.54, 1.807) is 17.2 Å². The number of fused-ring (bicyclic) bond motifs is 1. The van der Waals surface area contributed by atoms with Gasteiger partial charge in [0.2, 0.25) is 0 Å². The van der Waals surface area contributed by atoms with E-state index in [0.717, 1.165) is 12.1 Å². The minimum Gasteiger partial charge on any atom is -0.308 e. The number of hydrogen-bond donors (Lipinski definition) is 0. The van der Waals surface area contributed by atoms with Gasteiger partial charge in [-0.25, -0.2) is 0 Å². The highest BCUT2D eigenvalue weighted by molar-refractivity contribution is 6.34. The quantitative estimate of drug-likeness (QED) is 0.788. The molecular weight excluding hydrogens is 248 g/mol. The number of hydrogen-bond acceptors (Lipinski definition) is 2. The van der Waals surface area contributed by atoms with E-state index in [2.05, 4.69) is 4.98 Å². The second-order valence-corrected chi connectivity index (χ2v) is 4.60. The van der Waals surface area contributed by atoms with Crippen LogP contribution >= 0.6 is 11.6 Å². The minimum atomic E-state index is -0.0851. The summed E-state index contributed by atoms with van der Waals surface area (Å²) in [5, 5.41) is 0.444. The van der Waals surface area contributed by atoms with Gasteiger partial charge in [0.25, 0.3) is 5.91 Å². The summed E-state index contributed by atoms with van der Waals surface area (Å²) in [5.41, 5.74) is 2.63. The molecule has 0 bridgehead atoms. The van der Waals surface area contributed by atoms with Crippen LogP contribution in [0.2, 0.25) is 5.02 Å². The van der Waals surface area contributed by atoms with Crippen LogP contribution in [-0.4, -0.2) is 17.4 Å². The van der Waals surface area contributed by atoms with Crippen LogP contribution < -0.4 is 4.90 Å². The number of benzene rings is 1. The fourth-order valence-corrected chi connectivity index (χ4v) is 2.42. The van der Waals surface area contributed by atoms with Crippen molar-refractivity contribution >= 4 is 23.2 Å². The molecule has 4 heteroatoms. The number of aromatic nitrogens is 1. The summed E-state index contributed by atoms with van der Waals surface area (Å²) >= 11 is 6.04. The first-order valence-corrected chi connectivity index (χ1v) is 6.14. The van der Waals surface area contributed by atoms with Crippen LogP contribution in [0.15, 0.2) is 42.7 Å². The highest BCUT2D eigenvalue weighted by Gasteiger charge is 2.26. The molecule has 0 N–H and O–H groups in total. The first kappa shape index (κ1) is 11.2. The van der Waals surface area contributed by atoms with Gasteiger partial charge in [0, 0.05) is 24.6 Å². The maximum Gasteiger partial charge on any atom is 0.261 e. The SMILES string of the molecule is O=C(c1cnccc1Cl)N1CCc2ccccc21. The van der Waals surface area contributed by atoms with E-state index in [9.17, 15) is 4.79 Å². The molecule has 1 aromatic heterocycles. The number of amides is 1. The van der Waals surface area contributed by atoms with Gasteiger partial charge >= 0.3 is 0 Å². The van der Waals surface area contributed by atoms with Gasteiger partial charge in [-0.15, -0.1) is 0 Å². The topological polar surface area (TPSA) is 33.2 Å². The largest absolute Gasteiger partial charge is 0.308 e. The number of pyridine rings is 1. The molecule has 0 atom stereocenters. The zero-order chi connectivity index (χ0) is 12.5. The standard InChI is InChI=1S/C14H11ClN2O/c15-12-5-7-16-9-11(12)14(18)17-8-6-10-3-1-2-4-13(10)17/h1-5,7,9H,6,8H2. The number of carbonyl (C=O) groups is 1. The van der Waals surface area contributed by atoms with Gasteiger partial charge in [0.05, 0.1) is 10.6 Å². The highest BCUT2D eigenvalue weighted by atomic mass is 35.5. The van der Waals surface area contributed by atoms with Crippen LogP contribution in [0, 0.1) is 0 Å². The van der Waals surface area contributed by atoms with E-state index in [1.807, 2.05) is 24.3 Å². The molecular formula is C14H11ClN2O. The second-order valence-electron chi connectivity index (χ2n) is 4.19. The Kier molecular flexibility index (Phi) is 2.76. The lowest BCUT2D eigenvalue weighted by Crippen LogP contribution is -2.29. The van der Waals surface area contributed by atoms with E-state index in [4.69, 9.17) is 11.6 Å². The van der Waals surface area contributed by atoms with Crippen molar-refractivity contribution in [1.29, 1.82) is 0 Å². The number of nitrogens with zero attached hydrogens (tertiary/aromatic N) is 2. The van der Waals surface area contributed by atoms with Crippen LogP contribution in [0.1, 0.15) is 15.9 Å². The van der Waals surface area contributed by atoms with Gasteiger partial charge in [0.15, 0.2) is 0 Å². The summed E-state index contributed by atoms with van der Waals surface area (Å²) in [5.74, 6) is -0.0851. The van der Waals surface area contributed by atoms with Crippen LogP contribution in [0.4, 0.5) is 5.69 Å². The molecule has 18 heavy (non-hydrogen) atoms. The molecule has 0 fully saturated rings. The van der Waals surface area contributed by atoms with Gasteiger partial charge in [-0.2, -0.15) is 0 Å². The Morgan fingerprint density at radius 2 is 2.11 bits per heavy atom. The molecule has 0 saturated heterocycles. The lowest BCUT2D eigenvalue weighted by Gasteiger charge is -2.17. The van der Waals surface area contributed by atoms with Gasteiger partial charge in [-0.1, -0.05) is 29.8 Å². The first-order chi connectivity index (χ1) is 8.77. The molecule has 3 nitrogen and oxygen atoms in total. The predicted octanol–water partition coefficient (Wildman–Crippen LogP) is 2.94. The first-order valence-electron chi connectivity index (χ1n) is 5.76. The summed E-state index contributed by atoms with van der Waals surface area (Å²) in [7, 11) is 0. The molecule has 3 rings (SSSR count). The zero-order valence-electron chi connectivity index (χ0n) is 9.64. The van der Waals surface area contributed by atoms with Gasteiger partial charge < -0.3 is 4.90 Å². The third kappa shape index (κ3) is 1.77. The van der Waals surface area contributed by atoms with Crippen molar-refractivity contribution in [2.75, 3.05) is 11.4 Å². The molecule has 2 heterocycles. The average Bonchev–Trinajstić information content (AvgIpc) is 2.82. The monoisotopic (exact) mass is 258 g/mol. The third-order valence-corrected chi connectivity index (χ3v) is 3.46. The smallest absolute Gasteiger partial charge is 0.261 e. The van der Waals surface area contributed by atoms with Crippen molar-refractivity contribution < 1.29 is 4.79 Å². The van der Waals surface area contributed by atoms with Crippen LogP contribution in [0.5, 0.6) is 0 Å². The van der Waals surface area contributed by atoms with Gasteiger partial charge in [-0.05, 0) is 24.1 Å². The molecule has 90 valence electrons. The van der Waals surface area contributed by atoms with E-state index in [0.29, 0.717) is 17.1 Å². The van der Waals surface area contributed by atoms with E-state index in [-0.39, 0.29) is 5.91 Å². The summed E-state index contributed by atoms with van der Waals surface area (Å²) in [6.07, 6.45) is 3.99. The molecule has 1 amide bonds. The van der Waals surface area contributed by atoms with E-state index in [1.165, 1.54) is 11.8 Å². The maximum atomic E-state index is 12.4. The molecule has 0 unspecified atom stereocenters. The summed E-state index contributed by atoms with van der Waals surface area (Å²) < 4.78 is 0. The Morgan fingerprint density at radius 3 is 2.94 bits per heavy atom. The zero-order valence-corrected chi connectivity index (χ0v) is 10.4. The summed E-state index contributed by atoms with van der Waals surface area (Å²) in [4.78, 5) is 18.2.